The van der Waals surface area contributed by atoms with E-state index < -0.39 is 68.0 Å². The molecule has 0 aromatic rings. The van der Waals surface area contributed by atoms with E-state index in [4.69, 9.17) is 29.8 Å². The standard InChI is InChI=1S/C13H25NO10/c1-21-13-11(20)10(19)8(17)5(24-13)3-22-12-6(14)9(18)7(16)4(2-15)23-12/h4-13,15-20H,2-3,14H2,1H3/t4-,5-,6-,7-,8-,9-,10+,11-,12-,13+/m1/s1. The first-order valence-corrected chi connectivity index (χ1v) is 7.53. The van der Waals surface area contributed by atoms with Gasteiger partial charge in [-0.2, -0.15) is 0 Å². The molecule has 2 heterocycles. The fourth-order valence-electron chi connectivity index (χ4n) is 2.69. The van der Waals surface area contributed by atoms with Crippen LogP contribution in [-0.4, -0.2) is 112 Å². The van der Waals surface area contributed by atoms with Gasteiger partial charge in [0.2, 0.25) is 0 Å². The molecule has 11 heteroatoms. The first-order valence-electron chi connectivity index (χ1n) is 7.53. The number of aliphatic hydroxyl groups excluding tert-OH is 6. The minimum Gasteiger partial charge on any atom is -0.394 e. The molecule has 0 aromatic carbocycles. The van der Waals surface area contributed by atoms with Crippen molar-refractivity contribution in [1.29, 1.82) is 0 Å². The maximum absolute atomic E-state index is 9.94. The van der Waals surface area contributed by atoms with Crippen molar-refractivity contribution in [3.63, 3.8) is 0 Å². The Balaban J connectivity index is 1.96. The fourth-order valence-corrected chi connectivity index (χ4v) is 2.69. The van der Waals surface area contributed by atoms with E-state index in [1.807, 2.05) is 0 Å². The fraction of sp³-hybridized carbons (Fsp3) is 1.00. The van der Waals surface area contributed by atoms with Crippen molar-refractivity contribution < 1.29 is 49.6 Å². The van der Waals surface area contributed by atoms with Gasteiger partial charge in [-0.15, -0.1) is 0 Å². The number of aliphatic hydroxyl groups is 6. The lowest BCUT2D eigenvalue weighted by atomic mass is 9.97. The molecule has 2 saturated heterocycles. The first kappa shape index (κ1) is 19.9. The molecule has 10 atom stereocenters. The van der Waals surface area contributed by atoms with Crippen LogP contribution in [-0.2, 0) is 18.9 Å². The second-order valence-electron chi connectivity index (χ2n) is 5.87. The quantitative estimate of drug-likeness (QED) is 0.251. The summed E-state index contributed by atoms with van der Waals surface area (Å²) in [6.07, 6.45) is -11.6. The minimum absolute atomic E-state index is 0.301. The maximum atomic E-state index is 9.94. The van der Waals surface area contributed by atoms with Gasteiger partial charge in [0, 0.05) is 7.11 Å². The van der Waals surface area contributed by atoms with Gasteiger partial charge in [-0.05, 0) is 0 Å². The van der Waals surface area contributed by atoms with Crippen LogP contribution in [0.1, 0.15) is 0 Å². The van der Waals surface area contributed by atoms with Crippen LogP contribution in [0.25, 0.3) is 0 Å². The van der Waals surface area contributed by atoms with Crippen molar-refractivity contribution in [3.8, 4) is 0 Å². The number of methoxy groups -OCH3 is 1. The van der Waals surface area contributed by atoms with Gasteiger partial charge >= 0.3 is 0 Å². The Bertz CT molecular complexity index is 361. The van der Waals surface area contributed by atoms with Gasteiger partial charge in [-0.3, -0.25) is 0 Å². The van der Waals surface area contributed by atoms with Gasteiger partial charge in [0.25, 0.3) is 0 Å². The first-order chi connectivity index (χ1) is 11.3. The molecule has 0 amide bonds. The van der Waals surface area contributed by atoms with E-state index in [2.05, 4.69) is 0 Å². The average molecular weight is 355 g/mol. The lowest BCUT2D eigenvalue weighted by molar-refractivity contribution is -0.314. The molecule has 0 aromatic heterocycles. The normalized spacial score (nSPS) is 50.0. The van der Waals surface area contributed by atoms with Crippen LogP contribution in [0.2, 0.25) is 0 Å². The Morgan fingerprint density at radius 3 is 2.00 bits per heavy atom. The summed E-state index contributed by atoms with van der Waals surface area (Å²) in [6, 6.07) is -1.10. The van der Waals surface area contributed by atoms with Gasteiger partial charge in [-0.25, -0.2) is 0 Å². The summed E-state index contributed by atoms with van der Waals surface area (Å²) in [6.45, 7) is -0.853. The van der Waals surface area contributed by atoms with Crippen LogP contribution in [0.5, 0.6) is 0 Å². The number of rotatable bonds is 5. The van der Waals surface area contributed by atoms with Crippen LogP contribution in [0.4, 0.5) is 0 Å². The van der Waals surface area contributed by atoms with Crippen molar-refractivity contribution in [2.45, 2.75) is 61.3 Å². The summed E-state index contributed by atoms with van der Waals surface area (Å²) in [5.74, 6) is 0. The molecule has 2 fully saturated rings. The molecule has 11 nitrogen and oxygen atoms in total. The average Bonchev–Trinajstić information content (AvgIpc) is 2.58. The zero-order valence-electron chi connectivity index (χ0n) is 13.1. The van der Waals surface area contributed by atoms with E-state index in [9.17, 15) is 25.5 Å². The van der Waals surface area contributed by atoms with E-state index in [1.165, 1.54) is 7.11 Å². The zero-order chi connectivity index (χ0) is 18.0. The smallest absolute Gasteiger partial charge is 0.186 e. The molecule has 142 valence electrons. The number of hydrogen-bond acceptors (Lipinski definition) is 11. The highest BCUT2D eigenvalue weighted by molar-refractivity contribution is 4.93. The molecule has 2 rings (SSSR count). The molecular formula is C13H25NO10. The van der Waals surface area contributed by atoms with Crippen LogP contribution < -0.4 is 5.73 Å². The molecule has 2 aliphatic rings. The third-order valence-corrected chi connectivity index (χ3v) is 4.25. The number of hydrogen-bond donors (Lipinski definition) is 7. The molecule has 24 heavy (non-hydrogen) atoms. The topological polar surface area (TPSA) is 184 Å². The summed E-state index contributed by atoms with van der Waals surface area (Å²) >= 11 is 0. The van der Waals surface area contributed by atoms with E-state index in [-0.39, 0.29) is 6.61 Å². The van der Waals surface area contributed by atoms with E-state index in [0.717, 1.165) is 0 Å². The van der Waals surface area contributed by atoms with Gasteiger partial charge in [0.05, 0.1) is 19.3 Å². The summed E-state index contributed by atoms with van der Waals surface area (Å²) in [5.41, 5.74) is 5.72. The third kappa shape index (κ3) is 3.86. The maximum Gasteiger partial charge on any atom is 0.186 e. The Morgan fingerprint density at radius 2 is 1.42 bits per heavy atom. The van der Waals surface area contributed by atoms with Crippen molar-refractivity contribution in [1.82, 2.24) is 0 Å². The molecule has 0 saturated carbocycles. The lowest BCUT2D eigenvalue weighted by Crippen LogP contribution is -2.63. The molecular weight excluding hydrogens is 330 g/mol. The van der Waals surface area contributed by atoms with Gasteiger partial charge in [-0.1, -0.05) is 0 Å². The summed E-state index contributed by atoms with van der Waals surface area (Å²) in [5, 5.41) is 58.1. The summed E-state index contributed by atoms with van der Waals surface area (Å²) in [7, 11) is 1.26. The van der Waals surface area contributed by atoms with Gasteiger partial charge in [0.15, 0.2) is 12.6 Å². The van der Waals surface area contributed by atoms with Crippen molar-refractivity contribution in [3.05, 3.63) is 0 Å². The number of ether oxygens (including phenoxy) is 4. The highest BCUT2D eigenvalue weighted by Crippen LogP contribution is 2.24. The highest BCUT2D eigenvalue weighted by atomic mass is 16.7. The lowest BCUT2D eigenvalue weighted by Gasteiger charge is -2.42. The van der Waals surface area contributed by atoms with Gasteiger partial charge in [0.1, 0.15) is 42.7 Å². The molecule has 2 aliphatic heterocycles. The van der Waals surface area contributed by atoms with Crippen molar-refractivity contribution >= 4 is 0 Å². The largest absolute Gasteiger partial charge is 0.394 e. The number of nitrogens with two attached hydrogens (primary N) is 1. The van der Waals surface area contributed by atoms with Gasteiger partial charge < -0.3 is 55.3 Å². The Hall–Kier alpha value is -0.440. The highest BCUT2D eigenvalue weighted by Gasteiger charge is 2.46. The van der Waals surface area contributed by atoms with E-state index in [0.29, 0.717) is 0 Å². The zero-order valence-corrected chi connectivity index (χ0v) is 13.1. The second kappa shape index (κ2) is 8.29. The predicted molar refractivity (Wildman–Crippen MR) is 75.4 cm³/mol. The Morgan fingerprint density at radius 1 is 0.833 bits per heavy atom. The second-order valence-corrected chi connectivity index (χ2v) is 5.87. The van der Waals surface area contributed by atoms with Crippen LogP contribution in [0.15, 0.2) is 0 Å². The molecule has 0 unspecified atom stereocenters. The monoisotopic (exact) mass is 355 g/mol. The minimum atomic E-state index is -1.50. The third-order valence-electron chi connectivity index (χ3n) is 4.25. The summed E-state index contributed by atoms with van der Waals surface area (Å²) in [4.78, 5) is 0. The molecule has 8 N–H and O–H groups in total. The van der Waals surface area contributed by atoms with Crippen molar-refractivity contribution in [2.24, 2.45) is 5.73 Å². The van der Waals surface area contributed by atoms with Crippen LogP contribution >= 0.6 is 0 Å². The van der Waals surface area contributed by atoms with Crippen molar-refractivity contribution in [2.75, 3.05) is 20.3 Å². The Labute approximate surface area is 138 Å². The SMILES string of the molecule is CO[C@H]1O[C@H](CO[C@@H]2O[C@H](CO)[C@@H](O)[C@H](O)[C@H]2N)[C@@H](O)[C@H](O)[C@H]1O. The molecule has 0 aliphatic carbocycles. The van der Waals surface area contributed by atoms with Crippen LogP contribution in [0, 0.1) is 0 Å². The Kier molecular flexibility index (Phi) is 6.87. The van der Waals surface area contributed by atoms with E-state index in [1.54, 1.807) is 0 Å². The molecule has 0 radical (unpaired) electrons. The summed E-state index contributed by atoms with van der Waals surface area (Å²) < 4.78 is 20.8. The molecule has 0 spiro atoms. The molecule has 0 bridgehead atoms. The van der Waals surface area contributed by atoms with Crippen LogP contribution in [0.3, 0.4) is 0 Å². The predicted octanol–water partition coefficient (Wildman–Crippen LogP) is -4.78. The van der Waals surface area contributed by atoms with E-state index >= 15 is 0 Å².